The zero-order valence-electron chi connectivity index (χ0n) is 15.0. The summed E-state index contributed by atoms with van der Waals surface area (Å²) in [6.07, 6.45) is -0.876. The van der Waals surface area contributed by atoms with Crippen LogP contribution in [-0.4, -0.2) is 23.3 Å². The van der Waals surface area contributed by atoms with Gasteiger partial charge in [-0.1, -0.05) is 30.3 Å². The maximum Gasteiger partial charge on any atom is 0.409 e. The normalized spacial score (nSPS) is 14.0. The summed E-state index contributed by atoms with van der Waals surface area (Å²) in [5.74, 6) is -0.866. The molecule has 6 heteroatoms. The first-order valence-electron chi connectivity index (χ1n) is 7.61. The second-order valence-corrected chi connectivity index (χ2v) is 7.36. The molecule has 1 N–H and O–H groups in total. The summed E-state index contributed by atoms with van der Waals surface area (Å²) in [7, 11) is 0. The summed E-state index contributed by atoms with van der Waals surface area (Å²) < 4.78 is 10.5. The van der Waals surface area contributed by atoms with Crippen molar-refractivity contribution in [3.05, 3.63) is 35.9 Å². The minimum Gasteiger partial charge on any atom is -0.457 e. The summed E-state index contributed by atoms with van der Waals surface area (Å²) in [4.78, 5) is 24.9. The predicted molar refractivity (Wildman–Crippen MR) is 88.9 cm³/mol. The number of amides is 1. The molecular weight excluding hydrogens is 308 g/mol. The summed E-state index contributed by atoms with van der Waals surface area (Å²) >= 11 is 0. The van der Waals surface area contributed by atoms with E-state index in [-0.39, 0.29) is 0 Å². The molecular formula is C18H24N2O4. The Kier molecular flexibility index (Phi) is 5.62. The average Bonchev–Trinajstić information content (AvgIpc) is 2.42. The molecule has 0 spiro atoms. The van der Waals surface area contributed by atoms with E-state index in [9.17, 15) is 14.9 Å². The van der Waals surface area contributed by atoms with Gasteiger partial charge in [-0.05, 0) is 41.5 Å². The molecule has 0 radical (unpaired) electrons. The van der Waals surface area contributed by atoms with Crippen LogP contribution in [0.1, 0.15) is 47.1 Å². The number of carbonyl (C=O) groups excluding carboxylic acids is 2. The van der Waals surface area contributed by atoms with Crippen LogP contribution in [-0.2, 0) is 19.8 Å². The molecule has 0 aliphatic heterocycles. The lowest BCUT2D eigenvalue weighted by atomic mass is 9.91. The van der Waals surface area contributed by atoms with E-state index >= 15 is 0 Å². The van der Waals surface area contributed by atoms with Crippen LogP contribution < -0.4 is 5.32 Å². The van der Waals surface area contributed by atoms with Crippen molar-refractivity contribution >= 4 is 12.1 Å². The number of nitrogens with one attached hydrogen (secondary N) is 1. The Hall–Kier alpha value is -2.55. The number of nitrogens with zero attached hydrogens (tertiary/aromatic N) is 1. The highest BCUT2D eigenvalue weighted by atomic mass is 16.6. The molecule has 24 heavy (non-hydrogen) atoms. The van der Waals surface area contributed by atoms with E-state index < -0.39 is 28.8 Å². The van der Waals surface area contributed by atoms with Crippen LogP contribution in [0.25, 0.3) is 0 Å². The van der Waals surface area contributed by atoms with E-state index in [2.05, 4.69) is 5.32 Å². The molecule has 1 aromatic carbocycles. The van der Waals surface area contributed by atoms with Gasteiger partial charge in [0.2, 0.25) is 0 Å². The number of carbonyl (C=O) groups is 2. The molecule has 0 fully saturated rings. The molecule has 0 aliphatic rings. The van der Waals surface area contributed by atoms with Gasteiger partial charge in [-0.25, -0.2) is 9.59 Å². The Morgan fingerprint density at radius 1 is 0.958 bits per heavy atom. The van der Waals surface area contributed by atoms with E-state index in [0.717, 1.165) is 0 Å². The molecule has 1 unspecified atom stereocenters. The van der Waals surface area contributed by atoms with Crippen LogP contribution in [0.3, 0.4) is 0 Å². The molecule has 130 valence electrons. The molecule has 1 rings (SSSR count). The van der Waals surface area contributed by atoms with Gasteiger partial charge >= 0.3 is 12.1 Å². The van der Waals surface area contributed by atoms with Gasteiger partial charge in [0.05, 0.1) is 0 Å². The summed E-state index contributed by atoms with van der Waals surface area (Å²) in [6.45, 7) is 10.1. The number of ether oxygens (including phenoxy) is 2. The highest BCUT2D eigenvalue weighted by molar-refractivity contribution is 5.90. The minimum absolute atomic E-state index is 0.299. The minimum atomic E-state index is -1.99. The molecule has 0 bridgehead atoms. The zero-order valence-corrected chi connectivity index (χ0v) is 15.0. The highest BCUT2D eigenvalue weighted by Gasteiger charge is 2.46. The fourth-order valence-electron chi connectivity index (χ4n) is 1.88. The Morgan fingerprint density at radius 2 is 1.46 bits per heavy atom. The number of nitriles is 1. The zero-order chi connectivity index (χ0) is 18.6. The maximum absolute atomic E-state index is 12.7. The standard InChI is InChI=1S/C18H24N2O4/c1-16(2,3)23-14(21)18(12-19,13-10-8-7-9-11-13)20-15(22)24-17(4,5)6/h7-11H,1-6H3,(H,20,22). The van der Waals surface area contributed by atoms with E-state index in [0.29, 0.717) is 5.56 Å². The summed E-state index contributed by atoms with van der Waals surface area (Å²) in [6, 6.07) is 10.1. The first kappa shape index (κ1) is 19.5. The maximum atomic E-state index is 12.7. The lowest BCUT2D eigenvalue weighted by Gasteiger charge is -2.31. The van der Waals surface area contributed by atoms with Crippen molar-refractivity contribution in [1.82, 2.24) is 5.32 Å². The van der Waals surface area contributed by atoms with Crippen molar-refractivity contribution in [3.63, 3.8) is 0 Å². The number of benzene rings is 1. The van der Waals surface area contributed by atoms with Gasteiger partial charge in [0, 0.05) is 5.56 Å². The topological polar surface area (TPSA) is 88.4 Å². The van der Waals surface area contributed by atoms with Crippen molar-refractivity contribution in [3.8, 4) is 6.07 Å². The van der Waals surface area contributed by atoms with Crippen molar-refractivity contribution < 1.29 is 19.1 Å². The van der Waals surface area contributed by atoms with Crippen LogP contribution in [0.5, 0.6) is 0 Å². The van der Waals surface area contributed by atoms with Crippen molar-refractivity contribution in [2.75, 3.05) is 0 Å². The van der Waals surface area contributed by atoms with Gasteiger partial charge in [0.15, 0.2) is 0 Å². The van der Waals surface area contributed by atoms with Crippen LogP contribution in [0.15, 0.2) is 30.3 Å². The Bertz CT molecular complexity index is 636. The number of hydrogen-bond donors (Lipinski definition) is 1. The lowest BCUT2D eigenvalue weighted by molar-refractivity contribution is -0.161. The van der Waals surface area contributed by atoms with E-state index in [1.54, 1.807) is 71.9 Å². The Balaban J connectivity index is 3.28. The third-order valence-corrected chi connectivity index (χ3v) is 2.77. The summed E-state index contributed by atoms with van der Waals surface area (Å²) in [5.41, 5.74) is -3.27. The van der Waals surface area contributed by atoms with Crippen molar-refractivity contribution in [2.45, 2.75) is 58.3 Å². The van der Waals surface area contributed by atoms with Gasteiger partial charge in [-0.3, -0.25) is 5.32 Å². The Labute approximate surface area is 142 Å². The monoisotopic (exact) mass is 332 g/mol. The van der Waals surface area contributed by atoms with Crippen LogP contribution in [0, 0.1) is 11.3 Å². The number of esters is 1. The van der Waals surface area contributed by atoms with Crippen LogP contribution >= 0.6 is 0 Å². The summed E-state index contributed by atoms with van der Waals surface area (Å²) in [5, 5.41) is 12.1. The SMILES string of the molecule is CC(C)(C)OC(=O)NC(C#N)(C(=O)OC(C)(C)C)c1ccccc1. The molecule has 0 saturated heterocycles. The fraction of sp³-hybridized carbons (Fsp3) is 0.500. The largest absolute Gasteiger partial charge is 0.457 e. The third kappa shape index (κ3) is 5.27. The third-order valence-electron chi connectivity index (χ3n) is 2.77. The molecule has 0 aliphatic carbocycles. The molecule has 6 nitrogen and oxygen atoms in total. The first-order valence-corrected chi connectivity index (χ1v) is 7.61. The van der Waals surface area contributed by atoms with Gasteiger partial charge < -0.3 is 9.47 Å². The molecule has 0 aromatic heterocycles. The molecule has 0 heterocycles. The van der Waals surface area contributed by atoms with Crippen molar-refractivity contribution in [2.24, 2.45) is 0 Å². The van der Waals surface area contributed by atoms with Gasteiger partial charge in [0.25, 0.3) is 5.54 Å². The van der Waals surface area contributed by atoms with Gasteiger partial charge in [-0.2, -0.15) is 5.26 Å². The fourth-order valence-corrected chi connectivity index (χ4v) is 1.88. The number of alkyl carbamates (subject to hydrolysis) is 1. The highest BCUT2D eigenvalue weighted by Crippen LogP contribution is 2.26. The molecule has 1 atom stereocenters. The van der Waals surface area contributed by atoms with Gasteiger partial charge in [0.1, 0.15) is 17.3 Å². The second kappa shape index (κ2) is 6.91. The first-order chi connectivity index (χ1) is 10.9. The molecule has 1 amide bonds. The molecule has 1 aromatic rings. The second-order valence-electron chi connectivity index (χ2n) is 7.36. The van der Waals surface area contributed by atoms with Crippen LogP contribution in [0.4, 0.5) is 4.79 Å². The van der Waals surface area contributed by atoms with E-state index in [1.807, 2.05) is 6.07 Å². The van der Waals surface area contributed by atoms with Crippen molar-refractivity contribution in [1.29, 1.82) is 5.26 Å². The van der Waals surface area contributed by atoms with Crippen LogP contribution in [0.2, 0.25) is 0 Å². The number of hydrogen-bond acceptors (Lipinski definition) is 5. The Morgan fingerprint density at radius 3 is 1.88 bits per heavy atom. The lowest BCUT2D eigenvalue weighted by Crippen LogP contribution is -2.54. The van der Waals surface area contributed by atoms with E-state index in [4.69, 9.17) is 9.47 Å². The quantitative estimate of drug-likeness (QED) is 0.858. The smallest absolute Gasteiger partial charge is 0.409 e. The molecule has 0 saturated carbocycles. The average molecular weight is 332 g/mol. The van der Waals surface area contributed by atoms with Gasteiger partial charge in [-0.15, -0.1) is 0 Å². The predicted octanol–water partition coefficient (Wildman–Crippen LogP) is 3.27. The number of rotatable bonds is 3. The van der Waals surface area contributed by atoms with E-state index in [1.165, 1.54) is 0 Å².